The number of benzene rings is 2. The number of halogens is 3. The fourth-order valence-electron chi connectivity index (χ4n) is 2.24. The standard InChI is InChI=1S/C18H13F3N2O3/c19-18(20,21)14-7-5-12(6-8-14)17-23-15(11-26-17)10-25-16-4-2-1-3-13(16)9-22-24/h1-9,11,24H,10H2. The number of oxazole rings is 1. The fraction of sp³-hybridized carbons (Fsp3) is 0.111. The van der Waals surface area contributed by atoms with Gasteiger partial charge in [0.2, 0.25) is 5.89 Å². The molecule has 1 heterocycles. The Kier molecular flexibility index (Phi) is 4.92. The van der Waals surface area contributed by atoms with Gasteiger partial charge >= 0.3 is 6.18 Å². The van der Waals surface area contributed by atoms with Gasteiger partial charge in [-0.15, -0.1) is 0 Å². The van der Waals surface area contributed by atoms with E-state index in [2.05, 4.69) is 10.1 Å². The minimum atomic E-state index is -4.39. The van der Waals surface area contributed by atoms with Crippen molar-refractivity contribution in [3.05, 3.63) is 71.6 Å². The maximum atomic E-state index is 12.6. The lowest BCUT2D eigenvalue weighted by Gasteiger charge is -2.06. The first-order chi connectivity index (χ1) is 12.5. The Balaban J connectivity index is 1.71. The van der Waals surface area contributed by atoms with Crippen LogP contribution >= 0.6 is 0 Å². The van der Waals surface area contributed by atoms with Gasteiger partial charge in [0, 0.05) is 11.1 Å². The van der Waals surface area contributed by atoms with Gasteiger partial charge in [0.15, 0.2) is 0 Å². The summed E-state index contributed by atoms with van der Waals surface area (Å²) >= 11 is 0. The van der Waals surface area contributed by atoms with Gasteiger partial charge in [-0.05, 0) is 36.4 Å². The van der Waals surface area contributed by atoms with Crippen molar-refractivity contribution < 1.29 is 27.5 Å². The third-order valence-corrected chi connectivity index (χ3v) is 3.50. The second-order valence-electron chi connectivity index (χ2n) is 5.29. The van der Waals surface area contributed by atoms with E-state index < -0.39 is 11.7 Å². The van der Waals surface area contributed by atoms with E-state index in [1.165, 1.54) is 24.6 Å². The van der Waals surface area contributed by atoms with Gasteiger partial charge in [0.25, 0.3) is 0 Å². The average Bonchev–Trinajstić information content (AvgIpc) is 3.10. The molecule has 0 spiro atoms. The van der Waals surface area contributed by atoms with Crippen molar-refractivity contribution in [2.45, 2.75) is 12.8 Å². The Bertz CT molecular complexity index is 903. The second-order valence-corrected chi connectivity index (χ2v) is 5.29. The van der Waals surface area contributed by atoms with Gasteiger partial charge in [-0.25, -0.2) is 4.98 Å². The summed E-state index contributed by atoms with van der Waals surface area (Å²) in [5, 5.41) is 11.6. The van der Waals surface area contributed by atoms with Crippen LogP contribution in [0.3, 0.4) is 0 Å². The topological polar surface area (TPSA) is 67.9 Å². The van der Waals surface area contributed by atoms with Crippen LogP contribution in [0.2, 0.25) is 0 Å². The van der Waals surface area contributed by atoms with Crippen LogP contribution < -0.4 is 4.74 Å². The van der Waals surface area contributed by atoms with Gasteiger partial charge in [0.05, 0.1) is 11.8 Å². The molecule has 2 aromatic carbocycles. The molecule has 0 aliphatic heterocycles. The first-order valence-electron chi connectivity index (χ1n) is 7.48. The van der Waals surface area contributed by atoms with Crippen LogP contribution in [0.15, 0.2) is 64.4 Å². The van der Waals surface area contributed by atoms with Crippen LogP contribution in [0.5, 0.6) is 5.75 Å². The number of aromatic nitrogens is 1. The third kappa shape index (κ3) is 4.02. The molecule has 5 nitrogen and oxygen atoms in total. The van der Waals surface area contributed by atoms with Crippen LogP contribution in [0.1, 0.15) is 16.8 Å². The zero-order valence-corrected chi connectivity index (χ0v) is 13.3. The molecule has 0 atom stereocenters. The van der Waals surface area contributed by atoms with Crippen molar-refractivity contribution in [1.29, 1.82) is 0 Å². The van der Waals surface area contributed by atoms with E-state index in [-0.39, 0.29) is 12.5 Å². The normalized spacial score (nSPS) is 11.8. The number of oxime groups is 1. The minimum absolute atomic E-state index is 0.0837. The molecule has 0 amide bonds. The van der Waals surface area contributed by atoms with Gasteiger partial charge in [0.1, 0.15) is 24.3 Å². The van der Waals surface area contributed by atoms with Crippen LogP contribution in [0, 0.1) is 0 Å². The highest BCUT2D eigenvalue weighted by molar-refractivity contribution is 5.82. The highest BCUT2D eigenvalue weighted by atomic mass is 19.4. The quantitative estimate of drug-likeness (QED) is 0.404. The van der Waals surface area contributed by atoms with E-state index in [1.807, 2.05) is 0 Å². The summed E-state index contributed by atoms with van der Waals surface area (Å²) in [6.45, 7) is 0.0837. The molecule has 1 N–H and O–H groups in total. The summed E-state index contributed by atoms with van der Waals surface area (Å²) in [5.74, 6) is 0.687. The number of para-hydroxylation sites is 1. The lowest BCUT2D eigenvalue weighted by molar-refractivity contribution is -0.137. The highest BCUT2D eigenvalue weighted by Gasteiger charge is 2.30. The van der Waals surface area contributed by atoms with E-state index >= 15 is 0 Å². The van der Waals surface area contributed by atoms with Crippen molar-refractivity contribution in [1.82, 2.24) is 4.98 Å². The third-order valence-electron chi connectivity index (χ3n) is 3.50. The molecule has 0 bridgehead atoms. The zero-order valence-electron chi connectivity index (χ0n) is 13.3. The number of alkyl halides is 3. The lowest BCUT2D eigenvalue weighted by Crippen LogP contribution is -2.04. The average molecular weight is 362 g/mol. The molecular formula is C18H13F3N2O3. The summed E-state index contributed by atoms with van der Waals surface area (Å²) in [7, 11) is 0. The van der Waals surface area contributed by atoms with Crippen molar-refractivity contribution in [2.75, 3.05) is 0 Å². The molecule has 8 heteroatoms. The van der Waals surface area contributed by atoms with Crippen LogP contribution in [-0.4, -0.2) is 16.4 Å². The highest BCUT2D eigenvalue weighted by Crippen LogP contribution is 2.30. The lowest BCUT2D eigenvalue weighted by atomic mass is 10.1. The molecule has 0 aliphatic carbocycles. The smallest absolute Gasteiger partial charge is 0.416 e. The van der Waals surface area contributed by atoms with E-state index in [0.29, 0.717) is 22.6 Å². The Morgan fingerprint density at radius 2 is 1.85 bits per heavy atom. The molecule has 0 unspecified atom stereocenters. The summed E-state index contributed by atoms with van der Waals surface area (Å²) in [5.41, 5.74) is 0.743. The monoisotopic (exact) mass is 362 g/mol. The molecule has 0 radical (unpaired) electrons. The first-order valence-corrected chi connectivity index (χ1v) is 7.48. The molecule has 0 saturated heterocycles. The first kappa shape index (κ1) is 17.5. The number of ether oxygens (including phenoxy) is 1. The molecule has 1 aromatic heterocycles. The maximum Gasteiger partial charge on any atom is 0.416 e. The predicted octanol–water partition coefficient (Wildman–Crippen LogP) is 4.75. The van der Waals surface area contributed by atoms with E-state index in [0.717, 1.165) is 12.1 Å². The van der Waals surface area contributed by atoms with Gasteiger partial charge in [-0.2, -0.15) is 13.2 Å². The van der Waals surface area contributed by atoms with Crippen molar-refractivity contribution in [2.24, 2.45) is 5.16 Å². The predicted molar refractivity (Wildman–Crippen MR) is 87.1 cm³/mol. The van der Waals surface area contributed by atoms with Crippen molar-refractivity contribution in [3.8, 4) is 17.2 Å². The molecule has 0 aliphatic rings. The molecule has 3 aromatic rings. The minimum Gasteiger partial charge on any atom is -0.486 e. The molecule has 0 saturated carbocycles. The molecule has 26 heavy (non-hydrogen) atoms. The number of hydrogen-bond donors (Lipinski definition) is 1. The SMILES string of the molecule is ON=Cc1ccccc1OCc1coc(-c2ccc(C(F)(F)F)cc2)n1. The van der Waals surface area contributed by atoms with Crippen molar-refractivity contribution >= 4 is 6.21 Å². The van der Waals surface area contributed by atoms with Crippen LogP contribution in [0.25, 0.3) is 11.5 Å². The summed E-state index contributed by atoms with van der Waals surface area (Å²) < 4.78 is 48.7. The van der Waals surface area contributed by atoms with Crippen LogP contribution in [0.4, 0.5) is 13.2 Å². The summed E-state index contributed by atoms with van der Waals surface area (Å²) in [6, 6.07) is 11.5. The van der Waals surface area contributed by atoms with Gasteiger partial charge in [-0.3, -0.25) is 0 Å². The van der Waals surface area contributed by atoms with E-state index in [9.17, 15) is 13.2 Å². The Morgan fingerprint density at radius 1 is 1.12 bits per heavy atom. The Hall–Kier alpha value is -3.29. The summed E-state index contributed by atoms with van der Waals surface area (Å²) in [6.07, 6.45) is -1.78. The largest absolute Gasteiger partial charge is 0.486 e. The molecule has 0 fully saturated rings. The van der Waals surface area contributed by atoms with E-state index in [1.54, 1.807) is 24.3 Å². The second kappa shape index (κ2) is 7.30. The van der Waals surface area contributed by atoms with Crippen molar-refractivity contribution in [3.63, 3.8) is 0 Å². The summed E-state index contributed by atoms with van der Waals surface area (Å²) in [4.78, 5) is 4.21. The van der Waals surface area contributed by atoms with E-state index in [4.69, 9.17) is 14.4 Å². The zero-order chi connectivity index (χ0) is 18.6. The maximum absolute atomic E-state index is 12.6. The Labute approximate surface area is 146 Å². The number of nitrogens with zero attached hydrogens (tertiary/aromatic N) is 2. The van der Waals surface area contributed by atoms with Gasteiger partial charge < -0.3 is 14.4 Å². The molecule has 134 valence electrons. The Morgan fingerprint density at radius 3 is 2.54 bits per heavy atom. The van der Waals surface area contributed by atoms with Gasteiger partial charge in [-0.1, -0.05) is 17.3 Å². The van der Waals surface area contributed by atoms with Crippen LogP contribution in [-0.2, 0) is 12.8 Å². The number of hydrogen-bond acceptors (Lipinski definition) is 5. The molecular weight excluding hydrogens is 349 g/mol. The number of rotatable bonds is 5. The molecule has 3 rings (SSSR count). The fourth-order valence-corrected chi connectivity index (χ4v) is 2.24.